The second-order valence-corrected chi connectivity index (χ2v) is 6.44. The van der Waals surface area contributed by atoms with Crippen molar-refractivity contribution in [2.75, 3.05) is 0 Å². The van der Waals surface area contributed by atoms with Gasteiger partial charge in [-0.15, -0.1) is 0 Å². The molecule has 0 saturated carbocycles. The van der Waals surface area contributed by atoms with E-state index < -0.39 is 13.3 Å². The maximum atomic E-state index is 10.3. The predicted molar refractivity (Wildman–Crippen MR) is 99.6 cm³/mol. The molecule has 0 bridgehead atoms. The van der Waals surface area contributed by atoms with Gasteiger partial charge in [0.1, 0.15) is 0 Å². The van der Waals surface area contributed by atoms with Crippen LogP contribution in [0.4, 0.5) is 0 Å². The summed E-state index contributed by atoms with van der Waals surface area (Å²) in [6.45, 7) is 2.27. The van der Waals surface area contributed by atoms with Crippen LogP contribution in [0.5, 0.6) is 0 Å². The number of carboxylic acids is 1. The summed E-state index contributed by atoms with van der Waals surface area (Å²) < 4.78 is 0. The first-order valence-electron chi connectivity index (χ1n) is 9.76. The fraction of sp³-hybridized carbons (Fsp3) is 0.944. The molecule has 4 N–H and O–H groups in total. The number of rotatable bonds is 16. The van der Waals surface area contributed by atoms with Crippen molar-refractivity contribution in [2.24, 2.45) is 0 Å². The van der Waals surface area contributed by atoms with E-state index in [1.54, 1.807) is 0 Å². The zero-order valence-corrected chi connectivity index (χ0v) is 16.8. The third-order valence-electron chi connectivity index (χ3n) is 3.99. The Morgan fingerprint density at radius 2 is 0.880 bits per heavy atom. The molecule has 0 atom stereocenters. The van der Waals surface area contributed by atoms with E-state index >= 15 is 0 Å². The second-order valence-electron chi connectivity index (χ2n) is 6.44. The number of unbranched alkanes of at least 4 members (excludes halogenated alkanes) is 14. The molecule has 0 amide bonds. The van der Waals surface area contributed by atoms with Crippen LogP contribution < -0.4 is 0 Å². The Balaban J connectivity index is -0.000000867. The molecule has 0 heterocycles. The van der Waals surface area contributed by atoms with E-state index in [-0.39, 0.29) is 17.1 Å². The molecule has 0 aliphatic heterocycles. The van der Waals surface area contributed by atoms with E-state index in [9.17, 15) is 4.79 Å². The minimum atomic E-state index is -2.17. The van der Waals surface area contributed by atoms with Gasteiger partial charge in [-0.2, -0.15) is 0 Å². The Kier molecular flexibility index (Phi) is 31.1. The van der Waals surface area contributed by atoms with Gasteiger partial charge < -0.3 is 20.2 Å². The summed E-state index contributed by atoms with van der Waals surface area (Å²) in [5.41, 5.74) is 0. The molecule has 0 aliphatic carbocycles. The summed E-state index contributed by atoms with van der Waals surface area (Å²) in [6, 6.07) is 0. The zero-order valence-electron chi connectivity index (χ0n) is 15.9. The quantitative estimate of drug-likeness (QED) is 0.225. The van der Waals surface area contributed by atoms with E-state index in [0.29, 0.717) is 6.42 Å². The summed E-state index contributed by atoms with van der Waals surface area (Å²) in [4.78, 5) is 10.3. The van der Waals surface area contributed by atoms with E-state index in [4.69, 9.17) is 20.2 Å². The van der Waals surface area contributed by atoms with Crippen molar-refractivity contribution in [1.82, 2.24) is 0 Å². The Morgan fingerprint density at radius 1 is 0.640 bits per heavy atom. The Bertz CT molecular complexity index is 253. The summed E-state index contributed by atoms with van der Waals surface area (Å²) in [6.07, 6.45) is 20.2. The Hall–Kier alpha value is -0.0656. The Labute approximate surface area is 165 Å². The first-order chi connectivity index (χ1) is 11.5. The van der Waals surface area contributed by atoms with Gasteiger partial charge in [0.05, 0.1) is 0 Å². The van der Waals surface area contributed by atoms with Crippen molar-refractivity contribution in [2.45, 2.75) is 110 Å². The standard InChI is InChI=1S/C18H36O2.BH3O3.Cu/c1-2-3-4-5-6-7-8-9-10-11-12-13-14-15-16-17-18(19)20;2-1(3)4;/h2-17H2,1H3,(H,19,20);2-4H;. The van der Waals surface area contributed by atoms with Gasteiger partial charge >= 0.3 is 13.3 Å². The first-order valence-corrected chi connectivity index (χ1v) is 9.76. The van der Waals surface area contributed by atoms with Gasteiger partial charge in [-0.05, 0) is 6.42 Å². The monoisotopic (exact) mass is 409 g/mol. The van der Waals surface area contributed by atoms with Gasteiger partial charge in [0.2, 0.25) is 0 Å². The molecule has 0 aromatic carbocycles. The van der Waals surface area contributed by atoms with Crippen LogP contribution in [0.15, 0.2) is 0 Å². The number of hydrogen-bond donors (Lipinski definition) is 4. The molecule has 7 heteroatoms. The molecule has 1 radical (unpaired) electrons. The maximum absolute atomic E-state index is 10.3. The molecule has 0 aromatic rings. The number of hydrogen-bond acceptors (Lipinski definition) is 4. The summed E-state index contributed by atoms with van der Waals surface area (Å²) in [5.74, 6) is -0.653. The molecule has 5 nitrogen and oxygen atoms in total. The van der Waals surface area contributed by atoms with Crippen LogP contribution in [0.25, 0.3) is 0 Å². The van der Waals surface area contributed by atoms with Crippen molar-refractivity contribution in [1.29, 1.82) is 0 Å². The van der Waals surface area contributed by atoms with Crippen LogP contribution in [-0.2, 0) is 21.9 Å². The summed E-state index contributed by atoms with van der Waals surface area (Å²) in [5, 5.41) is 30.0. The largest absolute Gasteiger partial charge is 0.631 e. The molecule has 0 spiro atoms. The third-order valence-corrected chi connectivity index (χ3v) is 3.99. The van der Waals surface area contributed by atoms with Crippen LogP contribution in [0.1, 0.15) is 110 Å². The summed E-state index contributed by atoms with van der Waals surface area (Å²) >= 11 is 0. The fourth-order valence-corrected chi connectivity index (χ4v) is 2.65. The van der Waals surface area contributed by atoms with Gasteiger partial charge in [-0.3, -0.25) is 4.79 Å². The minimum Gasteiger partial charge on any atom is -0.481 e. The molecule has 0 aliphatic rings. The van der Waals surface area contributed by atoms with Gasteiger partial charge in [-0.25, -0.2) is 0 Å². The average molecular weight is 410 g/mol. The fourth-order valence-electron chi connectivity index (χ4n) is 2.65. The van der Waals surface area contributed by atoms with E-state index in [2.05, 4.69) is 6.92 Å². The first kappa shape index (κ1) is 29.7. The molecular formula is C18H39BCuO5. The van der Waals surface area contributed by atoms with Crippen molar-refractivity contribution in [3.05, 3.63) is 0 Å². The van der Waals surface area contributed by atoms with Crippen LogP contribution in [-0.4, -0.2) is 33.5 Å². The van der Waals surface area contributed by atoms with Crippen LogP contribution >= 0.6 is 0 Å². The number of carboxylic acid groups (broad SMARTS) is 1. The van der Waals surface area contributed by atoms with Crippen molar-refractivity contribution >= 4 is 13.3 Å². The molecule has 0 unspecified atom stereocenters. The Morgan fingerprint density at radius 3 is 1.12 bits per heavy atom. The predicted octanol–water partition coefficient (Wildman–Crippen LogP) is 4.28. The maximum Gasteiger partial charge on any atom is 0.631 e. The molecule has 0 fully saturated rings. The van der Waals surface area contributed by atoms with Crippen LogP contribution in [0, 0.1) is 0 Å². The summed E-state index contributed by atoms with van der Waals surface area (Å²) in [7, 11) is -2.17. The second kappa shape index (κ2) is 26.2. The van der Waals surface area contributed by atoms with Gasteiger partial charge in [-0.1, -0.05) is 96.8 Å². The smallest absolute Gasteiger partial charge is 0.481 e. The molecule has 0 aromatic heterocycles. The van der Waals surface area contributed by atoms with Crippen LogP contribution in [0.2, 0.25) is 0 Å². The molecular weight excluding hydrogens is 371 g/mol. The van der Waals surface area contributed by atoms with E-state index in [1.165, 1.54) is 83.5 Å². The average Bonchev–Trinajstić information content (AvgIpc) is 2.50. The van der Waals surface area contributed by atoms with Gasteiger partial charge in [0, 0.05) is 23.5 Å². The zero-order chi connectivity index (χ0) is 18.5. The van der Waals surface area contributed by atoms with Gasteiger partial charge in [0.15, 0.2) is 0 Å². The normalized spacial score (nSPS) is 9.76. The van der Waals surface area contributed by atoms with E-state index in [0.717, 1.165) is 12.8 Å². The topological polar surface area (TPSA) is 98.0 Å². The van der Waals surface area contributed by atoms with Crippen molar-refractivity contribution in [3.8, 4) is 0 Å². The van der Waals surface area contributed by atoms with E-state index in [1.807, 2.05) is 0 Å². The SMILES string of the molecule is CCCCCCCCCCCCCCCCCC(=O)O.OB(O)O.[Cu]. The molecule has 0 rings (SSSR count). The van der Waals surface area contributed by atoms with Crippen molar-refractivity contribution < 1.29 is 42.0 Å². The van der Waals surface area contributed by atoms with Gasteiger partial charge in [0.25, 0.3) is 0 Å². The van der Waals surface area contributed by atoms with Crippen LogP contribution in [0.3, 0.4) is 0 Å². The number of aliphatic carboxylic acids is 1. The third kappa shape index (κ3) is 40.2. The number of carbonyl (C=O) groups is 1. The minimum absolute atomic E-state index is 0. The molecule has 25 heavy (non-hydrogen) atoms. The molecule has 155 valence electrons. The molecule has 0 saturated heterocycles. The van der Waals surface area contributed by atoms with Crippen molar-refractivity contribution in [3.63, 3.8) is 0 Å².